The lowest BCUT2D eigenvalue weighted by molar-refractivity contribution is 0.0559. The van der Waals surface area contributed by atoms with Gasteiger partial charge in [-0.2, -0.15) is 0 Å². The van der Waals surface area contributed by atoms with Crippen LogP contribution in [0.2, 0.25) is 0 Å². The molecule has 0 saturated carbocycles. The number of carbonyl (C=O) groups excluding carboxylic acids is 1. The summed E-state index contributed by atoms with van der Waals surface area (Å²) in [5.41, 5.74) is 0. The van der Waals surface area contributed by atoms with Crippen molar-refractivity contribution in [2.75, 3.05) is 20.2 Å². The fourth-order valence-corrected chi connectivity index (χ4v) is 2.95. The summed E-state index contributed by atoms with van der Waals surface area (Å²) in [6.07, 6.45) is 5.10. The van der Waals surface area contributed by atoms with Crippen molar-refractivity contribution in [3.8, 4) is 0 Å². The Hall–Kier alpha value is -1.29. The summed E-state index contributed by atoms with van der Waals surface area (Å²) in [7, 11) is 1.37. The summed E-state index contributed by atoms with van der Waals surface area (Å²) in [6, 6.07) is 3.80. The summed E-state index contributed by atoms with van der Waals surface area (Å²) < 4.78 is 10.3. The van der Waals surface area contributed by atoms with Gasteiger partial charge >= 0.3 is 5.97 Å². The smallest absolute Gasteiger partial charge is 0.373 e. The van der Waals surface area contributed by atoms with Gasteiger partial charge in [0.2, 0.25) is 5.76 Å². The van der Waals surface area contributed by atoms with Crippen molar-refractivity contribution in [1.82, 2.24) is 4.90 Å². The quantitative estimate of drug-likeness (QED) is 0.789. The minimum atomic E-state index is -0.412. The average Bonchev–Trinajstić information content (AvgIpc) is 2.84. The van der Waals surface area contributed by atoms with Gasteiger partial charge in [0.15, 0.2) is 0 Å². The van der Waals surface area contributed by atoms with Gasteiger partial charge in [-0.3, -0.25) is 4.90 Å². The van der Waals surface area contributed by atoms with E-state index in [1.807, 2.05) is 6.07 Å². The number of hydrogen-bond acceptors (Lipinski definition) is 4. The topological polar surface area (TPSA) is 42.7 Å². The molecule has 4 nitrogen and oxygen atoms in total. The van der Waals surface area contributed by atoms with Gasteiger partial charge < -0.3 is 9.15 Å². The lowest BCUT2D eigenvalue weighted by atomic mass is 9.98. The Morgan fingerprint density at radius 2 is 2.25 bits per heavy atom. The van der Waals surface area contributed by atoms with E-state index in [9.17, 15) is 4.79 Å². The van der Waals surface area contributed by atoms with E-state index < -0.39 is 5.97 Å². The minimum absolute atomic E-state index is 0.212. The maximum atomic E-state index is 11.4. The number of likely N-dealkylation sites (tertiary alicyclic amines) is 1. The van der Waals surface area contributed by atoms with Crippen LogP contribution in [0, 0.1) is 5.92 Å². The highest BCUT2D eigenvalue weighted by atomic mass is 16.5. The van der Waals surface area contributed by atoms with E-state index >= 15 is 0 Å². The van der Waals surface area contributed by atoms with Crippen molar-refractivity contribution >= 4 is 5.97 Å². The molecule has 2 rings (SSSR count). The molecule has 1 saturated heterocycles. The van der Waals surface area contributed by atoms with Crippen LogP contribution < -0.4 is 0 Å². The molecule has 0 radical (unpaired) electrons. The van der Waals surface area contributed by atoms with E-state index in [-0.39, 0.29) is 11.8 Å². The molecule has 1 fully saturated rings. The zero-order valence-electron chi connectivity index (χ0n) is 12.7. The van der Waals surface area contributed by atoms with E-state index in [1.54, 1.807) is 6.07 Å². The van der Waals surface area contributed by atoms with Crippen LogP contribution >= 0.6 is 0 Å². The van der Waals surface area contributed by atoms with Crippen molar-refractivity contribution in [2.24, 2.45) is 5.92 Å². The van der Waals surface area contributed by atoms with Crippen LogP contribution in [0.1, 0.15) is 61.9 Å². The van der Waals surface area contributed by atoms with E-state index in [1.165, 1.54) is 32.8 Å². The van der Waals surface area contributed by atoms with Gasteiger partial charge in [0, 0.05) is 0 Å². The van der Waals surface area contributed by atoms with Crippen molar-refractivity contribution in [3.63, 3.8) is 0 Å². The van der Waals surface area contributed by atoms with Gasteiger partial charge in [0.05, 0.1) is 13.2 Å². The number of methoxy groups -OCH3 is 1. The highest BCUT2D eigenvalue weighted by Crippen LogP contribution is 2.28. The molecule has 2 unspecified atom stereocenters. The Morgan fingerprint density at radius 3 is 2.95 bits per heavy atom. The largest absolute Gasteiger partial charge is 0.463 e. The normalized spacial score (nSPS) is 22.2. The summed E-state index contributed by atoms with van der Waals surface area (Å²) in [5, 5.41) is 0. The van der Waals surface area contributed by atoms with E-state index in [0.717, 1.165) is 24.8 Å². The second-order valence-corrected chi connectivity index (χ2v) is 5.61. The number of ether oxygens (including phenoxy) is 1. The Bertz CT molecular complexity index is 441. The summed E-state index contributed by atoms with van der Waals surface area (Å²) in [4.78, 5) is 13.9. The van der Waals surface area contributed by atoms with Gasteiger partial charge in [0.25, 0.3) is 0 Å². The van der Waals surface area contributed by atoms with Crippen molar-refractivity contribution in [3.05, 3.63) is 23.7 Å². The number of nitrogens with zero attached hydrogens (tertiary/aromatic N) is 1. The Balaban J connectivity index is 2.01. The molecule has 20 heavy (non-hydrogen) atoms. The van der Waals surface area contributed by atoms with E-state index in [0.29, 0.717) is 0 Å². The summed E-state index contributed by atoms with van der Waals surface area (Å²) in [6.45, 7) is 6.63. The van der Waals surface area contributed by atoms with Gasteiger partial charge in [0.1, 0.15) is 5.76 Å². The minimum Gasteiger partial charge on any atom is -0.463 e. The molecule has 2 heterocycles. The second kappa shape index (κ2) is 6.93. The third kappa shape index (κ3) is 3.42. The summed E-state index contributed by atoms with van der Waals surface area (Å²) in [5.74, 6) is 1.58. The Morgan fingerprint density at radius 1 is 1.45 bits per heavy atom. The van der Waals surface area contributed by atoms with Crippen LogP contribution in [0.3, 0.4) is 0 Å². The molecule has 1 aliphatic rings. The first-order valence-corrected chi connectivity index (χ1v) is 7.57. The Labute approximate surface area is 121 Å². The lowest BCUT2D eigenvalue weighted by Gasteiger charge is -2.26. The van der Waals surface area contributed by atoms with E-state index in [2.05, 4.69) is 23.5 Å². The molecule has 112 valence electrons. The molecule has 1 aromatic rings. The van der Waals surface area contributed by atoms with Gasteiger partial charge in [-0.1, -0.05) is 13.3 Å². The van der Waals surface area contributed by atoms with Crippen molar-refractivity contribution < 1.29 is 13.9 Å². The highest BCUT2D eigenvalue weighted by Gasteiger charge is 2.23. The third-order valence-electron chi connectivity index (χ3n) is 4.43. The highest BCUT2D eigenvalue weighted by molar-refractivity contribution is 5.86. The number of rotatable bonds is 4. The molecule has 0 N–H and O–H groups in total. The number of hydrogen-bond donors (Lipinski definition) is 0. The van der Waals surface area contributed by atoms with E-state index in [4.69, 9.17) is 4.42 Å². The molecule has 2 atom stereocenters. The maximum Gasteiger partial charge on any atom is 0.373 e. The monoisotopic (exact) mass is 279 g/mol. The lowest BCUT2D eigenvalue weighted by Crippen LogP contribution is -2.28. The van der Waals surface area contributed by atoms with Gasteiger partial charge in [-0.05, 0) is 57.3 Å². The zero-order chi connectivity index (χ0) is 14.5. The number of furan rings is 1. The molecule has 0 bridgehead atoms. The second-order valence-electron chi connectivity index (χ2n) is 5.61. The van der Waals surface area contributed by atoms with Gasteiger partial charge in [-0.25, -0.2) is 4.79 Å². The Kier molecular flexibility index (Phi) is 5.24. The van der Waals surface area contributed by atoms with Crippen molar-refractivity contribution in [2.45, 2.75) is 45.6 Å². The zero-order valence-corrected chi connectivity index (χ0v) is 12.7. The summed E-state index contributed by atoms with van der Waals surface area (Å²) >= 11 is 0. The SMILES string of the molecule is CCC1CCCN(C(C)c2ccc(C(=O)OC)o2)CC1. The molecule has 0 amide bonds. The number of esters is 1. The van der Waals surface area contributed by atoms with Crippen LogP contribution in [-0.2, 0) is 4.74 Å². The van der Waals surface area contributed by atoms with Crippen LogP contribution in [0.15, 0.2) is 16.5 Å². The maximum absolute atomic E-state index is 11.4. The van der Waals surface area contributed by atoms with Crippen LogP contribution in [-0.4, -0.2) is 31.1 Å². The van der Waals surface area contributed by atoms with Crippen LogP contribution in [0.5, 0.6) is 0 Å². The van der Waals surface area contributed by atoms with Crippen LogP contribution in [0.25, 0.3) is 0 Å². The van der Waals surface area contributed by atoms with Crippen molar-refractivity contribution in [1.29, 1.82) is 0 Å². The third-order valence-corrected chi connectivity index (χ3v) is 4.43. The molecular formula is C16H25NO3. The fraction of sp³-hybridized carbons (Fsp3) is 0.688. The average molecular weight is 279 g/mol. The first-order valence-electron chi connectivity index (χ1n) is 7.57. The number of carbonyl (C=O) groups is 1. The van der Waals surface area contributed by atoms with Gasteiger partial charge in [-0.15, -0.1) is 0 Å². The van der Waals surface area contributed by atoms with Crippen LogP contribution in [0.4, 0.5) is 0 Å². The molecule has 1 aromatic heterocycles. The molecule has 0 spiro atoms. The first-order chi connectivity index (χ1) is 9.65. The molecule has 0 aliphatic carbocycles. The molecule has 1 aliphatic heterocycles. The standard InChI is InChI=1S/C16H25NO3/c1-4-13-6-5-10-17(11-9-13)12(2)14-7-8-15(20-14)16(18)19-3/h7-8,12-13H,4-6,9-11H2,1-3H3. The predicted molar refractivity (Wildman–Crippen MR) is 77.7 cm³/mol. The molecule has 4 heteroatoms. The molecule has 0 aromatic carbocycles. The fourth-order valence-electron chi connectivity index (χ4n) is 2.95. The molecular weight excluding hydrogens is 254 g/mol. The predicted octanol–water partition coefficient (Wildman–Crippen LogP) is 3.64. The first kappa shape index (κ1) is 15.1.